The molecular formula is C27H51N7O12. The van der Waals surface area contributed by atoms with Gasteiger partial charge in [0.25, 0.3) is 0 Å². The summed E-state index contributed by atoms with van der Waals surface area (Å²) in [5.41, 5.74) is 22.2. The van der Waals surface area contributed by atoms with Crippen LogP contribution in [0, 0.1) is 0 Å². The molecule has 2 heterocycles. The van der Waals surface area contributed by atoms with E-state index in [1.807, 2.05) is 0 Å². The lowest BCUT2D eigenvalue weighted by atomic mass is 9.83. The average molecular weight is 666 g/mol. The van der Waals surface area contributed by atoms with Crippen molar-refractivity contribution in [2.75, 3.05) is 33.4 Å². The number of amides is 1. The normalized spacial score (nSPS) is 39.5. The molecule has 3 fully saturated rings. The van der Waals surface area contributed by atoms with Crippen LogP contribution in [0.3, 0.4) is 0 Å². The van der Waals surface area contributed by atoms with Crippen LogP contribution >= 0.6 is 0 Å². The van der Waals surface area contributed by atoms with Gasteiger partial charge in [0.05, 0.1) is 44.1 Å². The van der Waals surface area contributed by atoms with Gasteiger partial charge in [0.1, 0.15) is 48.0 Å². The highest BCUT2D eigenvalue weighted by Gasteiger charge is 2.52. The van der Waals surface area contributed by atoms with Crippen molar-refractivity contribution in [3.8, 4) is 0 Å². The molecule has 1 saturated carbocycles. The maximum absolute atomic E-state index is 13.2. The van der Waals surface area contributed by atoms with Crippen LogP contribution in [0.4, 0.5) is 0 Å². The van der Waals surface area contributed by atoms with Gasteiger partial charge in [-0.2, -0.15) is 0 Å². The molecule has 0 aromatic carbocycles. The van der Waals surface area contributed by atoms with Gasteiger partial charge in [-0.1, -0.05) is 0 Å². The van der Waals surface area contributed by atoms with Crippen molar-refractivity contribution in [2.45, 2.75) is 118 Å². The van der Waals surface area contributed by atoms with E-state index in [2.05, 4.69) is 15.6 Å². The Bertz CT molecular complexity index is 1040. The van der Waals surface area contributed by atoms with Gasteiger partial charge in [-0.25, -0.2) is 0 Å². The molecule has 0 spiro atoms. The maximum Gasteiger partial charge on any atom is 0.249 e. The van der Waals surface area contributed by atoms with Crippen LogP contribution in [-0.2, 0) is 28.5 Å². The van der Waals surface area contributed by atoms with Crippen molar-refractivity contribution < 1.29 is 59.2 Å². The number of aliphatic hydroxyl groups is 6. The summed E-state index contributed by atoms with van der Waals surface area (Å²) in [4.78, 5) is 30.1. The predicted octanol–water partition coefficient (Wildman–Crippen LogP) is -6.79. The first-order valence-electron chi connectivity index (χ1n) is 15.3. The van der Waals surface area contributed by atoms with Gasteiger partial charge in [0.15, 0.2) is 6.29 Å². The van der Waals surface area contributed by atoms with E-state index in [1.54, 1.807) is 0 Å². The SMILES string of the molecule is CNC1C(=O)C(OC2C(NC(=O)C(O)CC(O)CN)CC(N)C(OC3OC(CN=C(N)C(O)CO)CCC3N)C2O)OCC1(C)O. The Labute approximate surface area is 266 Å². The van der Waals surface area contributed by atoms with Crippen LogP contribution in [0.5, 0.6) is 0 Å². The highest BCUT2D eigenvalue weighted by Crippen LogP contribution is 2.31. The molecule has 1 aliphatic carbocycles. The van der Waals surface area contributed by atoms with Crippen LogP contribution in [-0.4, -0.2) is 167 Å². The minimum atomic E-state index is -1.65. The number of likely N-dealkylation sites (N-methyl/N-ethyl adjacent to an activating group) is 1. The Morgan fingerprint density at radius 3 is 2.48 bits per heavy atom. The zero-order valence-corrected chi connectivity index (χ0v) is 26.1. The van der Waals surface area contributed by atoms with E-state index in [4.69, 9.17) is 47.0 Å². The average Bonchev–Trinajstić information content (AvgIpc) is 3.01. The summed E-state index contributed by atoms with van der Waals surface area (Å²) < 4.78 is 23.6. The molecule has 0 bridgehead atoms. The first-order valence-corrected chi connectivity index (χ1v) is 15.3. The number of aliphatic hydroxyl groups excluding tert-OH is 5. The van der Waals surface area contributed by atoms with Crippen LogP contribution in [0.15, 0.2) is 4.99 Å². The van der Waals surface area contributed by atoms with Crippen LogP contribution in [0.1, 0.15) is 32.6 Å². The predicted molar refractivity (Wildman–Crippen MR) is 160 cm³/mol. The smallest absolute Gasteiger partial charge is 0.249 e. The molecular weight excluding hydrogens is 614 g/mol. The van der Waals surface area contributed by atoms with Gasteiger partial charge >= 0.3 is 0 Å². The Kier molecular flexibility index (Phi) is 14.2. The van der Waals surface area contributed by atoms with Gasteiger partial charge in [0.2, 0.25) is 18.0 Å². The summed E-state index contributed by atoms with van der Waals surface area (Å²) in [7, 11) is 1.48. The van der Waals surface area contributed by atoms with E-state index in [0.29, 0.717) is 12.8 Å². The fourth-order valence-electron chi connectivity index (χ4n) is 5.73. The Morgan fingerprint density at radius 1 is 1.15 bits per heavy atom. The van der Waals surface area contributed by atoms with E-state index < -0.39 is 103 Å². The molecule has 3 rings (SSSR count). The second kappa shape index (κ2) is 16.9. The second-order valence-corrected chi connectivity index (χ2v) is 12.3. The Morgan fingerprint density at radius 2 is 1.85 bits per heavy atom. The van der Waals surface area contributed by atoms with Crippen molar-refractivity contribution in [1.82, 2.24) is 10.6 Å². The van der Waals surface area contributed by atoms with Crippen molar-refractivity contribution in [3.05, 3.63) is 0 Å². The summed E-state index contributed by atoms with van der Waals surface area (Å²) in [5, 5.41) is 66.3. The lowest BCUT2D eigenvalue weighted by Crippen LogP contribution is -2.69. The number of ether oxygens (including phenoxy) is 4. The Balaban J connectivity index is 1.80. The number of ketones is 1. The third-order valence-corrected chi connectivity index (χ3v) is 8.43. The van der Waals surface area contributed by atoms with Gasteiger partial charge < -0.3 is 83.2 Å². The number of nitrogens with one attached hydrogen (secondary N) is 2. The van der Waals surface area contributed by atoms with Crippen LogP contribution < -0.4 is 33.6 Å². The number of rotatable bonds is 14. The monoisotopic (exact) mass is 665 g/mol. The summed E-state index contributed by atoms with van der Waals surface area (Å²) in [6, 6.07) is -3.72. The first kappa shape index (κ1) is 38.5. The summed E-state index contributed by atoms with van der Waals surface area (Å²) in [5.74, 6) is -1.73. The number of aliphatic imine (C=N–C) groups is 1. The maximum atomic E-state index is 13.2. The lowest BCUT2D eigenvalue weighted by Gasteiger charge is -2.47. The number of amidine groups is 1. The molecule has 3 aliphatic rings. The van der Waals surface area contributed by atoms with Crippen molar-refractivity contribution in [2.24, 2.45) is 27.9 Å². The minimum absolute atomic E-state index is 0.0350. The molecule has 14 atom stereocenters. The molecule has 0 radical (unpaired) electrons. The number of hydrogen-bond acceptors (Lipinski definition) is 17. The topological polar surface area (TPSA) is 333 Å². The van der Waals surface area contributed by atoms with Crippen LogP contribution in [0.25, 0.3) is 0 Å². The molecule has 1 amide bonds. The largest absolute Gasteiger partial charge is 0.393 e. The zero-order valence-electron chi connectivity index (χ0n) is 26.1. The lowest BCUT2D eigenvalue weighted by molar-refractivity contribution is -0.276. The van der Waals surface area contributed by atoms with Gasteiger partial charge in [-0.15, -0.1) is 0 Å². The summed E-state index contributed by atoms with van der Waals surface area (Å²) in [6.07, 6.45) is -11.0. The second-order valence-electron chi connectivity index (χ2n) is 12.3. The molecule has 266 valence electrons. The van der Waals surface area contributed by atoms with E-state index >= 15 is 0 Å². The summed E-state index contributed by atoms with van der Waals surface area (Å²) >= 11 is 0. The van der Waals surface area contributed by atoms with Crippen molar-refractivity contribution in [3.63, 3.8) is 0 Å². The standard InChI is InChI=1S/C27H51N7O12/c1-27(42)10-43-26(19(40)22(27)32-2)46-21-15(34-24(41)16(37)5-11(36)7-28)6-14(30)20(18(21)39)45-25-13(29)4-3-12(44-25)8-33-23(31)17(38)9-35/h11-18,20-22,25-26,32,35-39,42H,3-10,28-30H2,1-2H3,(H2,31,33)(H,34,41). The fraction of sp³-hybridized carbons (Fsp3) is 0.889. The molecule has 2 aliphatic heterocycles. The Hall–Kier alpha value is -1.95. The molecule has 0 aromatic heterocycles. The number of nitrogens with two attached hydrogens (primary N) is 4. The van der Waals surface area contributed by atoms with E-state index in [1.165, 1.54) is 14.0 Å². The highest BCUT2D eigenvalue weighted by atomic mass is 16.7. The first-order chi connectivity index (χ1) is 21.6. The molecule has 46 heavy (non-hydrogen) atoms. The molecule has 2 saturated heterocycles. The molecule has 14 unspecified atom stereocenters. The van der Waals surface area contributed by atoms with Gasteiger partial charge in [-0.05, 0) is 33.2 Å². The third-order valence-electron chi connectivity index (χ3n) is 8.43. The number of nitrogens with zero attached hydrogens (tertiary/aromatic N) is 1. The van der Waals surface area contributed by atoms with E-state index in [0.717, 1.165) is 0 Å². The molecule has 16 N–H and O–H groups in total. The zero-order chi connectivity index (χ0) is 34.3. The number of carbonyl (C=O) groups is 2. The molecule has 19 heteroatoms. The fourth-order valence-corrected chi connectivity index (χ4v) is 5.73. The highest BCUT2D eigenvalue weighted by molar-refractivity contribution is 5.89. The van der Waals surface area contributed by atoms with Crippen molar-refractivity contribution in [1.29, 1.82) is 0 Å². The number of hydrogen-bond donors (Lipinski definition) is 12. The molecule has 0 aromatic rings. The third kappa shape index (κ3) is 9.57. The van der Waals surface area contributed by atoms with Crippen molar-refractivity contribution >= 4 is 17.5 Å². The van der Waals surface area contributed by atoms with Gasteiger partial charge in [0, 0.05) is 19.0 Å². The molecule has 19 nitrogen and oxygen atoms in total. The van der Waals surface area contributed by atoms with Crippen LogP contribution in [0.2, 0.25) is 0 Å². The van der Waals surface area contributed by atoms with E-state index in [9.17, 15) is 35.1 Å². The van der Waals surface area contributed by atoms with E-state index in [-0.39, 0.29) is 38.4 Å². The quantitative estimate of drug-likeness (QED) is 0.0605. The minimum Gasteiger partial charge on any atom is -0.393 e. The number of Topliss-reactive ketones (excluding diaryl/α,β-unsaturated/α-hetero) is 1. The number of carbonyl (C=O) groups excluding carboxylic acids is 2. The van der Waals surface area contributed by atoms with Gasteiger partial charge in [-0.3, -0.25) is 14.6 Å². The summed E-state index contributed by atoms with van der Waals surface area (Å²) in [6.45, 7) is 0.373.